The van der Waals surface area contributed by atoms with Crippen LogP contribution in [-0.4, -0.2) is 18.7 Å². The molecule has 0 radical (unpaired) electrons. The topological polar surface area (TPSA) is 58.9 Å². The third-order valence-corrected chi connectivity index (χ3v) is 2.94. The molecule has 0 spiro atoms. The van der Waals surface area contributed by atoms with Gasteiger partial charge in [0.2, 0.25) is 12.2 Å². The molecule has 1 atom stereocenters. The SMILES string of the molecule is O=C=NCC(N=C=O)c1ccc(-c2ccccc2)cc1. The van der Waals surface area contributed by atoms with Crippen LogP contribution < -0.4 is 0 Å². The van der Waals surface area contributed by atoms with Crippen molar-refractivity contribution in [2.75, 3.05) is 6.54 Å². The quantitative estimate of drug-likeness (QED) is 0.615. The van der Waals surface area contributed by atoms with E-state index in [4.69, 9.17) is 0 Å². The summed E-state index contributed by atoms with van der Waals surface area (Å²) in [5, 5.41) is 0. The van der Waals surface area contributed by atoms with Crippen LogP contribution in [0, 0.1) is 0 Å². The zero-order valence-electron chi connectivity index (χ0n) is 10.7. The standard InChI is InChI=1S/C16H12N2O2/c19-11-17-10-16(18-12-20)15-8-6-14(7-9-15)13-4-2-1-3-5-13/h1-9,16H,10H2. The van der Waals surface area contributed by atoms with Crippen molar-refractivity contribution in [2.45, 2.75) is 6.04 Å². The Bertz CT molecular complexity index is 653. The fourth-order valence-corrected chi connectivity index (χ4v) is 1.94. The Morgan fingerprint density at radius 3 is 2.10 bits per heavy atom. The Morgan fingerprint density at radius 2 is 1.50 bits per heavy atom. The van der Waals surface area contributed by atoms with Gasteiger partial charge >= 0.3 is 0 Å². The average molecular weight is 264 g/mol. The summed E-state index contributed by atoms with van der Waals surface area (Å²) in [6.45, 7) is 0.101. The molecule has 0 saturated heterocycles. The van der Waals surface area contributed by atoms with Crippen LogP contribution in [0.2, 0.25) is 0 Å². The summed E-state index contributed by atoms with van der Waals surface area (Å²) in [5.41, 5.74) is 2.99. The summed E-state index contributed by atoms with van der Waals surface area (Å²) < 4.78 is 0. The molecule has 0 amide bonds. The smallest absolute Gasteiger partial charge is 0.211 e. The van der Waals surface area contributed by atoms with E-state index in [1.165, 1.54) is 12.2 Å². The molecule has 0 bridgehead atoms. The zero-order chi connectivity index (χ0) is 14.2. The second-order valence-corrected chi connectivity index (χ2v) is 4.16. The lowest BCUT2D eigenvalue weighted by Gasteiger charge is -2.08. The highest BCUT2D eigenvalue weighted by molar-refractivity contribution is 5.63. The minimum Gasteiger partial charge on any atom is -0.211 e. The number of carbonyl (C=O) groups excluding carboxylic acids is 2. The molecule has 98 valence electrons. The van der Waals surface area contributed by atoms with Crippen molar-refractivity contribution in [3.8, 4) is 11.1 Å². The first-order valence-corrected chi connectivity index (χ1v) is 6.11. The predicted octanol–water partition coefficient (Wildman–Crippen LogP) is 3.07. The molecular weight excluding hydrogens is 252 g/mol. The molecule has 0 heterocycles. The Balaban J connectivity index is 2.26. The Kier molecular flexibility index (Phi) is 4.74. The van der Waals surface area contributed by atoms with Crippen molar-refractivity contribution in [3.63, 3.8) is 0 Å². The fraction of sp³-hybridized carbons (Fsp3) is 0.125. The average Bonchev–Trinajstić information content (AvgIpc) is 2.52. The van der Waals surface area contributed by atoms with Crippen LogP contribution in [0.3, 0.4) is 0 Å². The number of benzene rings is 2. The Hall–Kier alpha value is -2.80. The van der Waals surface area contributed by atoms with E-state index in [-0.39, 0.29) is 6.54 Å². The second-order valence-electron chi connectivity index (χ2n) is 4.16. The maximum absolute atomic E-state index is 10.4. The van der Waals surface area contributed by atoms with E-state index in [0.29, 0.717) is 0 Å². The van der Waals surface area contributed by atoms with Gasteiger partial charge in [-0.3, -0.25) is 0 Å². The number of aliphatic imine (C=N–C) groups is 2. The van der Waals surface area contributed by atoms with Crippen LogP contribution >= 0.6 is 0 Å². The van der Waals surface area contributed by atoms with Gasteiger partial charge in [-0.2, -0.15) is 4.99 Å². The van der Waals surface area contributed by atoms with E-state index in [2.05, 4.69) is 9.98 Å². The van der Waals surface area contributed by atoms with Crippen molar-refractivity contribution >= 4 is 12.2 Å². The van der Waals surface area contributed by atoms with Gasteiger partial charge in [0.1, 0.15) is 6.04 Å². The van der Waals surface area contributed by atoms with E-state index in [9.17, 15) is 9.59 Å². The first-order chi connectivity index (χ1) is 9.85. The van der Waals surface area contributed by atoms with Gasteiger partial charge in [-0.25, -0.2) is 14.6 Å². The second kappa shape index (κ2) is 6.95. The van der Waals surface area contributed by atoms with Crippen LogP contribution in [0.15, 0.2) is 64.6 Å². The highest BCUT2D eigenvalue weighted by Crippen LogP contribution is 2.23. The molecule has 1 unspecified atom stereocenters. The molecule has 2 rings (SSSR count). The van der Waals surface area contributed by atoms with E-state index in [0.717, 1.165) is 16.7 Å². The van der Waals surface area contributed by atoms with Crippen molar-refractivity contribution < 1.29 is 9.59 Å². The van der Waals surface area contributed by atoms with Gasteiger partial charge < -0.3 is 0 Å². The summed E-state index contributed by atoms with van der Waals surface area (Å²) in [6, 6.07) is 17.1. The molecule has 4 nitrogen and oxygen atoms in total. The first kappa shape index (κ1) is 13.6. The summed E-state index contributed by atoms with van der Waals surface area (Å²) >= 11 is 0. The predicted molar refractivity (Wildman–Crippen MR) is 75.7 cm³/mol. The molecule has 0 aliphatic rings. The number of isocyanates is 2. The van der Waals surface area contributed by atoms with E-state index in [1.807, 2.05) is 54.6 Å². The largest absolute Gasteiger partial charge is 0.235 e. The third kappa shape index (κ3) is 3.36. The molecule has 4 heteroatoms. The molecular formula is C16H12N2O2. The van der Waals surface area contributed by atoms with Crippen molar-refractivity contribution in [3.05, 3.63) is 60.2 Å². The van der Waals surface area contributed by atoms with Crippen molar-refractivity contribution in [2.24, 2.45) is 9.98 Å². The molecule has 2 aromatic carbocycles. The number of hydrogen-bond acceptors (Lipinski definition) is 4. The van der Waals surface area contributed by atoms with Gasteiger partial charge in [-0.1, -0.05) is 54.6 Å². The molecule has 20 heavy (non-hydrogen) atoms. The highest BCUT2D eigenvalue weighted by atomic mass is 16.1. The van der Waals surface area contributed by atoms with Crippen LogP contribution in [0.25, 0.3) is 11.1 Å². The monoisotopic (exact) mass is 264 g/mol. The number of hydrogen-bond donors (Lipinski definition) is 0. The normalized spacial score (nSPS) is 11.0. The van der Waals surface area contributed by atoms with Crippen LogP contribution in [0.4, 0.5) is 0 Å². The van der Waals surface area contributed by atoms with Crippen LogP contribution in [0.1, 0.15) is 11.6 Å². The molecule has 0 fully saturated rings. The Morgan fingerprint density at radius 1 is 0.850 bits per heavy atom. The summed E-state index contributed by atoms with van der Waals surface area (Å²) in [6.07, 6.45) is 2.96. The van der Waals surface area contributed by atoms with Gasteiger partial charge in [0, 0.05) is 0 Å². The van der Waals surface area contributed by atoms with Gasteiger partial charge in [0.05, 0.1) is 6.54 Å². The maximum Gasteiger partial charge on any atom is 0.235 e. The maximum atomic E-state index is 10.4. The molecule has 0 aliphatic carbocycles. The fourth-order valence-electron chi connectivity index (χ4n) is 1.94. The lowest BCUT2D eigenvalue weighted by molar-refractivity contribution is 0.553. The number of nitrogens with zero attached hydrogens (tertiary/aromatic N) is 2. The van der Waals surface area contributed by atoms with E-state index in [1.54, 1.807) is 0 Å². The lowest BCUT2D eigenvalue weighted by atomic mass is 10.0. The lowest BCUT2D eigenvalue weighted by Crippen LogP contribution is -1.99. The van der Waals surface area contributed by atoms with Crippen molar-refractivity contribution in [1.82, 2.24) is 0 Å². The molecule has 2 aromatic rings. The molecule has 0 aliphatic heterocycles. The summed E-state index contributed by atoms with van der Waals surface area (Å²) in [7, 11) is 0. The highest BCUT2D eigenvalue weighted by Gasteiger charge is 2.09. The minimum atomic E-state index is -0.487. The first-order valence-electron chi connectivity index (χ1n) is 6.11. The van der Waals surface area contributed by atoms with Gasteiger partial charge in [0.25, 0.3) is 0 Å². The molecule has 0 aromatic heterocycles. The molecule has 0 N–H and O–H groups in total. The van der Waals surface area contributed by atoms with Gasteiger partial charge in [-0.05, 0) is 16.7 Å². The van der Waals surface area contributed by atoms with Gasteiger partial charge in [-0.15, -0.1) is 0 Å². The van der Waals surface area contributed by atoms with E-state index >= 15 is 0 Å². The summed E-state index contributed by atoms with van der Waals surface area (Å²) in [5.74, 6) is 0. The Labute approximate surface area is 116 Å². The van der Waals surface area contributed by atoms with Crippen molar-refractivity contribution in [1.29, 1.82) is 0 Å². The van der Waals surface area contributed by atoms with Crippen LogP contribution in [-0.2, 0) is 9.59 Å². The zero-order valence-corrected chi connectivity index (χ0v) is 10.7. The number of rotatable bonds is 5. The minimum absolute atomic E-state index is 0.101. The van der Waals surface area contributed by atoms with Crippen LogP contribution in [0.5, 0.6) is 0 Å². The van der Waals surface area contributed by atoms with E-state index < -0.39 is 6.04 Å². The molecule has 0 saturated carbocycles. The third-order valence-electron chi connectivity index (χ3n) is 2.94. The van der Waals surface area contributed by atoms with Gasteiger partial charge in [0.15, 0.2) is 0 Å². The summed E-state index contributed by atoms with van der Waals surface area (Å²) in [4.78, 5) is 27.7.